The van der Waals surface area contributed by atoms with E-state index in [1.54, 1.807) is 11.3 Å². The minimum atomic E-state index is 0.390. The van der Waals surface area contributed by atoms with Gasteiger partial charge in [-0.25, -0.2) is 0 Å². The second kappa shape index (κ2) is 5.97. The Morgan fingerprint density at radius 1 is 1.43 bits per heavy atom. The first-order valence-corrected chi connectivity index (χ1v) is 6.18. The van der Waals surface area contributed by atoms with Crippen LogP contribution in [0.5, 0.6) is 0 Å². The molecule has 1 aromatic heterocycles. The van der Waals surface area contributed by atoms with Gasteiger partial charge in [-0.2, -0.15) is 0 Å². The molecule has 0 N–H and O–H groups in total. The van der Waals surface area contributed by atoms with Crippen molar-refractivity contribution in [2.24, 2.45) is 5.92 Å². The lowest BCUT2D eigenvalue weighted by Crippen LogP contribution is -2.08. The van der Waals surface area contributed by atoms with E-state index in [1.165, 1.54) is 4.88 Å². The molecule has 0 radical (unpaired) electrons. The van der Waals surface area contributed by atoms with E-state index in [9.17, 15) is 4.79 Å². The third-order valence-corrected chi connectivity index (χ3v) is 3.50. The van der Waals surface area contributed by atoms with Crippen LogP contribution in [0.2, 0.25) is 0 Å². The van der Waals surface area contributed by atoms with Crippen molar-refractivity contribution >= 4 is 17.1 Å². The highest BCUT2D eigenvalue weighted by molar-refractivity contribution is 7.10. The molecule has 0 aliphatic carbocycles. The summed E-state index contributed by atoms with van der Waals surface area (Å²) in [6.45, 7) is 4.32. The van der Waals surface area contributed by atoms with Crippen molar-refractivity contribution < 1.29 is 4.79 Å². The number of carbonyl (C=O) groups excluding carboxylic acids is 1. The largest absolute Gasteiger partial charge is 0.299 e. The van der Waals surface area contributed by atoms with Gasteiger partial charge >= 0.3 is 0 Å². The molecular weight excluding hydrogens is 192 g/mol. The number of thiophene rings is 1. The van der Waals surface area contributed by atoms with Crippen molar-refractivity contribution in [2.75, 3.05) is 0 Å². The highest BCUT2D eigenvalue weighted by atomic mass is 32.1. The average Bonchev–Trinajstić information content (AvgIpc) is 2.66. The van der Waals surface area contributed by atoms with Gasteiger partial charge in [0.1, 0.15) is 5.78 Å². The van der Waals surface area contributed by atoms with Crippen molar-refractivity contribution in [3.05, 3.63) is 22.4 Å². The highest BCUT2D eigenvalue weighted by Gasteiger charge is 2.10. The topological polar surface area (TPSA) is 17.1 Å². The molecule has 1 rings (SSSR count). The van der Waals surface area contributed by atoms with Gasteiger partial charge in [0, 0.05) is 17.7 Å². The van der Waals surface area contributed by atoms with Crippen molar-refractivity contribution in [3.63, 3.8) is 0 Å². The predicted molar refractivity (Wildman–Crippen MR) is 61.7 cm³/mol. The van der Waals surface area contributed by atoms with Crippen LogP contribution in [0.15, 0.2) is 17.5 Å². The molecule has 1 heterocycles. The van der Waals surface area contributed by atoms with Crippen LogP contribution in [0, 0.1) is 5.92 Å². The molecule has 0 bridgehead atoms. The fraction of sp³-hybridized carbons (Fsp3) is 0.583. The van der Waals surface area contributed by atoms with Gasteiger partial charge < -0.3 is 0 Å². The Morgan fingerprint density at radius 3 is 2.64 bits per heavy atom. The number of Topliss-reactive ketones (excluding diaryl/α,β-unsaturated/α-hetero) is 1. The Hall–Kier alpha value is -0.630. The maximum atomic E-state index is 11.6. The molecular formula is C12H18OS. The quantitative estimate of drug-likeness (QED) is 0.700. The molecule has 1 aromatic rings. The predicted octanol–water partition coefficient (Wildman–Crippen LogP) is 3.69. The van der Waals surface area contributed by atoms with Gasteiger partial charge in [-0.15, -0.1) is 11.3 Å². The van der Waals surface area contributed by atoms with Crippen molar-refractivity contribution in [3.8, 4) is 0 Å². The molecule has 0 unspecified atom stereocenters. The molecule has 0 amide bonds. The van der Waals surface area contributed by atoms with Crippen LogP contribution < -0.4 is 0 Å². The minimum absolute atomic E-state index is 0.390. The summed E-state index contributed by atoms with van der Waals surface area (Å²) in [7, 11) is 0. The molecule has 78 valence electrons. The zero-order valence-corrected chi connectivity index (χ0v) is 9.77. The lowest BCUT2D eigenvalue weighted by molar-refractivity contribution is -0.119. The van der Waals surface area contributed by atoms with Gasteiger partial charge in [-0.05, 0) is 17.4 Å². The SMILES string of the molecule is CCC(CC)CC(=O)Cc1cccs1. The summed E-state index contributed by atoms with van der Waals surface area (Å²) in [5.74, 6) is 0.976. The zero-order valence-electron chi connectivity index (χ0n) is 8.95. The van der Waals surface area contributed by atoms with Crippen molar-refractivity contribution in [1.29, 1.82) is 0 Å². The van der Waals surface area contributed by atoms with E-state index in [2.05, 4.69) is 13.8 Å². The smallest absolute Gasteiger partial charge is 0.138 e. The number of hydrogen-bond acceptors (Lipinski definition) is 2. The summed E-state index contributed by atoms with van der Waals surface area (Å²) >= 11 is 1.67. The van der Waals surface area contributed by atoms with Gasteiger partial charge in [-0.3, -0.25) is 4.79 Å². The van der Waals surface area contributed by atoms with E-state index >= 15 is 0 Å². The summed E-state index contributed by atoms with van der Waals surface area (Å²) in [5.41, 5.74) is 0. The van der Waals surface area contributed by atoms with E-state index in [1.807, 2.05) is 17.5 Å². The zero-order chi connectivity index (χ0) is 10.4. The molecule has 0 aliphatic heterocycles. The van der Waals surface area contributed by atoms with E-state index in [4.69, 9.17) is 0 Å². The maximum absolute atomic E-state index is 11.6. The van der Waals surface area contributed by atoms with Gasteiger partial charge in [-0.1, -0.05) is 32.8 Å². The Labute approximate surface area is 90.2 Å². The van der Waals surface area contributed by atoms with E-state index in [0.29, 0.717) is 18.1 Å². The third kappa shape index (κ3) is 3.62. The fourth-order valence-corrected chi connectivity index (χ4v) is 2.31. The average molecular weight is 210 g/mol. The number of rotatable bonds is 6. The van der Waals surface area contributed by atoms with Gasteiger partial charge in [0.25, 0.3) is 0 Å². The highest BCUT2D eigenvalue weighted by Crippen LogP contribution is 2.16. The molecule has 1 nitrogen and oxygen atoms in total. The molecule has 0 atom stereocenters. The van der Waals surface area contributed by atoms with E-state index in [0.717, 1.165) is 19.3 Å². The van der Waals surface area contributed by atoms with Crippen molar-refractivity contribution in [2.45, 2.75) is 39.5 Å². The molecule has 0 fully saturated rings. The van der Waals surface area contributed by atoms with Gasteiger partial charge in [0.05, 0.1) is 0 Å². The first-order chi connectivity index (χ1) is 6.76. The van der Waals surface area contributed by atoms with Crippen LogP contribution in [-0.2, 0) is 11.2 Å². The van der Waals surface area contributed by atoms with Crippen LogP contribution in [0.1, 0.15) is 38.0 Å². The molecule has 0 aliphatic rings. The lowest BCUT2D eigenvalue weighted by Gasteiger charge is -2.09. The van der Waals surface area contributed by atoms with Crippen LogP contribution >= 0.6 is 11.3 Å². The fourth-order valence-electron chi connectivity index (χ4n) is 1.58. The van der Waals surface area contributed by atoms with Crippen LogP contribution in [0.3, 0.4) is 0 Å². The number of carbonyl (C=O) groups is 1. The molecule has 14 heavy (non-hydrogen) atoms. The van der Waals surface area contributed by atoms with E-state index in [-0.39, 0.29) is 0 Å². The third-order valence-electron chi connectivity index (χ3n) is 2.62. The summed E-state index contributed by atoms with van der Waals surface area (Å²) in [4.78, 5) is 12.8. The Kier molecular flexibility index (Phi) is 4.88. The van der Waals surface area contributed by atoms with Crippen LogP contribution in [0.4, 0.5) is 0 Å². The molecule has 2 heteroatoms. The van der Waals surface area contributed by atoms with Crippen molar-refractivity contribution in [1.82, 2.24) is 0 Å². The Bertz CT molecular complexity index is 260. The van der Waals surface area contributed by atoms with Gasteiger partial charge in [0.2, 0.25) is 0 Å². The molecule has 0 saturated heterocycles. The molecule has 0 aromatic carbocycles. The second-order valence-corrected chi connectivity index (χ2v) is 4.71. The van der Waals surface area contributed by atoms with Crippen LogP contribution in [-0.4, -0.2) is 5.78 Å². The summed E-state index contributed by atoms with van der Waals surface area (Å²) < 4.78 is 0. The minimum Gasteiger partial charge on any atom is -0.299 e. The molecule has 0 saturated carbocycles. The molecule has 0 spiro atoms. The Morgan fingerprint density at radius 2 is 2.14 bits per heavy atom. The number of hydrogen-bond donors (Lipinski definition) is 0. The van der Waals surface area contributed by atoms with Gasteiger partial charge in [0.15, 0.2) is 0 Å². The summed E-state index contributed by atoms with van der Waals surface area (Å²) in [6.07, 6.45) is 3.62. The Balaban J connectivity index is 2.35. The maximum Gasteiger partial charge on any atom is 0.138 e. The van der Waals surface area contributed by atoms with Crippen LogP contribution in [0.25, 0.3) is 0 Å². The monoisotopic (exact) mass is 210 g/mol. The van der Waals surface area contributed by atoms with E-state index < -0.39 is 0 Å². The normalized spacial score (nSPS) is 10.8. The number of ketones is 1. The second-order valence-electron chi connectivity index (χ2n) is 3.68. The lowest BCUT2D eigenvalue weighted by atomic mass is 9.96. The first-order valence-electron chi connectivity index (χ1n) is 5.30. The first kappa shape index (κ1) is 11.4. The summed E-state index contributed by atoms with van der Waals surface area (Å²) in [5, 5.41) is 2.03. The summed E-state index contributed by atoms with van der Waals surface area (Å²) in [6, 6.07) is 4.04. The standard InChI is InChI=1S/C12H18OS/c1-3-10(4-2)8-11(13)9-12-6-5-7-14-12/h5-7,10H,3-4,8-9H2,1-2H3.